The van der Waals surface area contributed by atoms with Crippen molar-refractivity contribution in [1.29, 1.82) is 0 Å². The molecule has 0 saturated carbocycles. The Labute approximate surface area is 103 Å². The molecule has 0 spiro atoms. The van der Waals surface area contributed by atoms with Crippen LogP contribution in [0.3, 0.4) is 0 Å². The van der Waals surface area contributed by atoms with E-state index >= 15 is 0 Å². The quantitative estimate of drug-likeness (QED) is 0.704. The first-order chi connectivity index (χ1) is 7.88. The van der Waals surface area contributed by atoms with Crippen LogP contribution in [0.5, 0.6) is 5.75 Å². The largest absolute Gasteiger partial charge is 0.506 e. The van der Waals surface area contributed by atoms with E-state index in [1.54, 1.807) is 6.92 Å². The number of rotatable bonds is 3. The van der Waals surface area contributed by atoms with Crippen molar-refractivity contribution < 1.29 is 24.9 Å². The molecule has 0 radical (unpaired) electrons. The van der Waals surface area contributed by atoms with Crippen LogP contribution in [0.2, 0.25) is 5.02 Å². The molecule has 3 N–H and O–H groups in total. The molecule has 1 rings (SSSR count). The van der Waals surface area contributed by atoms with E-state index in [-0.39, 0.29) is 16.3 Å². The molecule has 2 atom stereocenters. The molecule has 0 fully saturated rings. The number of ether oxygens (including phenoxy) is 1. The molecule has 5 nitrogen and oxygen atoms in total. The van der Waals surface area contributed by atoms with Crippen LogP contribution < -0.4 is 0 Å². The Bertz CT molecular complexity index is 409. The number of halogens is 1. The van der Waals surface area contributed by atoms with E-state index in [4.69, 9.17) is 11.6 Å². The molecular weight excluding hydrogens is 248 g/mol. The molecule has 1 aromatic carbocycles. The van der Waals surface area contributed by atoms with Crippen molar-refractivity contribution in [3.05, 3.63) is 28.3 Å². The van der Waals surface area contributed by atoms with Gasteiger partial charge in [0.1, 0.15) is 11.9 Å². The molecule has 2 unspecified atom stereocenters. The fourth-order valence-electron chi connectivity index (χ4n) is 1.37. The Balaban J connectivity index is 3.04. The number of carbonyl (C=O) groups is 1. The van der Waals surface area contributed by atoms with Gasteiger partial charge in [0.2, 0.25) is 0 Å². The van der Waals surface area contributed by atoms with E-state index in [0.717, 1.165) is 7.11 Å². The standard InChI is InChI=1S/C11H13ClO5/c1-5-3-6(4-7(12)8(5)13)9(14)10(15)11(16)17-2/h3-4,9-10,13-15H,1-2H3. The summed E-state index contributed by atoms with van der Waals surface area (Å²) in [5.41, 5.74) is 0.659. The normalized spacial score (nSPS) is 14.2. The van der Waals surface area contributed by atoms with Crippen molar-refractivity contribution in [2.45, 2.75) is 19.1 Å². The molecule has 6 heteroatoms. The van der Waals surface area contributed by atoms with Crippen LogP contribution in [0.4, 0.5) is 0 Å². The minimum Gasteiger partial charge on any atom is -0.506 e. The minimum absolute atomic E-state index is 0.0381. The molecule has 0 saturated heterocycles. The van der Waals surface area contributed by atoms with Crippen LogP contribution in [0.25, 0.3) is 0 Å². The van der Waals surface area contributed by atoms with Gasteiger partial charge in [-0.2, -0.15) is 0 Å². The fourth-order valence-corrected chi connectivity index (χ4v) is 1.64. The summed E-state index contributed by atoms with van der Waals surface area (Å²) in [6.07, 6.45) is -3.15. The highest BCUT2D eigenvalue weighted by Crippen LogP contribution is 2.31. The summed E-state index contributed by atoms with van der Waals surface area (Å²) in [5.74, 6) is -1.05. The molecule has 0 amide bonds. The van der Waals surface area contributed by atoms with Gasteiger partial charge in [-0.1, -0.05) is 11.6 Å². The predicted molar refractivity (Wildman–Crippen MR) is 60.8 cm³/mol. The SMILES string of the molecule is COC(=O)C(O)C(O)c1cc(C)c(O)c(Cl)c1. The first-order valence-electron chi connectivity index (χ1n) is 4.81. The lowest BCUT2D eigenvalue weighted by Gasteiger charge is -2.17. The number of phenolic OH excluding ortho intramolecular Hbond substituents is 1. The number of methoxy groups -OCH3 is 1. The van der Waals surface area contributed by atoms with Crippen LogP contribution in [0.1, 0.15) is 17.2 Å². The topological polar surface area (TPSA) is 87.0 Å². The van der Waals surface area contributed by atoms with Gasteiger partial charge >= 0.3 is 5.97 Å². The lowest BCUT2D eigenvalue weighted by Crippen LogP contribution is -2.29. The Morgan fingerprint density at radius 1 is 1.41 bits per heavy atom. The maximum Gasteiger partial charge on any atom is 0.337 e. The Morgan fingerprint density at radius 3 is 2.47 bits per heavy atom. The zero-order valence-corrected chi connectivity index (χ0v) is 10.1. The Kier molecular flexibility index (Phi) is 4.34. The summed E-state index contributed by atoms with van der Waals surface area (Å²) in [6.45, 7) is 1.59. The fraction of sp³-hybridized carbons (Fsp3) is 0.364. The van der Waals surface area contributed by atoms with E-state index in [9.17, 15) is 20.1 Å². The summed E-state index contributed by atoms with van der Waals surface area (Å²) >= 11 is 5.72. The number of aromatic hydroxyl groups is 1. The van der Waals surface area contributed by atoms with Crippen molar-refractivity contribution in [2.75, 3.05) is 7.11 Å². The average Bonchev–Trinajstić information content (AvgIpc) is 2.32. The number of benzene rings is 1. The third-order valence-corrected chi connectivity index (χ3v) is 2.65. The predicted octanol–water partition coefficient (Wildman–Crippen LogP) is 0.921. The van der Waals surface area contributed by atoms with Crippen LogP contribution in [-0.2, 0) is 9.53 Å². The van der Waals surface area contributed by atoms with E-state index in [0.29, 0.717) is 5.56 Å². The summed E-state index contributed by atoms with van der Waals surface area (Å²) < 4.78 is 4.31. The molecular formula is C11H13ClO5. The number of phenols is 1. The summed E-state index contributed by atoms with van der Waals surface area (Å²) in [5, 5.41) is 28.7. The van der Waals surface area contributed by atoms with Gasteiger partial charge < -0.3 is 20.1 Å². The van der Waals surface area contributed by atoms with Gasteiger partial charge in [-0.25, -0.2) is 4.79 Å². The highest BCUT2D eigenvalue weighted by atomic mass is 35.5. The average molecular weight is 261 g/mol. The molecule has 0 heterocycles. The highest BCUT2D eigenvalue weighted by molar-refractivity contribution is 6.32. The highest BCUT2D eigenvalue weighted by Gasteiger charge is 2.27. The van der Waals surface area contributed by atoms with Crippen LogP contribution in [-0.4, -0.2) is 34.5 Å². The summed E-state index contributed by atoms with van der Waals surface area (Å²) in [6, 6.07) is 2.71. The van der Waals surface area contributed by atoms with Gasteiger partial charge in [-0.3, -0.25) is 0 Å². The molecule has 0 bridgehead atoms. The Hall–Kier alpha value is -1.30. The van der Waals surface area contributed by atoms with E-state index in [1.807, 2.05) is 0 Å². The number of aliphatic hydroxyl groups is 2. The number of hydrogen-bond donors (Lipinski definition) is 3. The number of carbonyl (C=O) groups excluding carboxylic acids is 1. The molecule has 1 aromatic rings. The minimum atomic E-state index is -1.69. The smallest absolute Gasteiger partial charge is 0.337 e. The van der Waals surface area contributed by atoms with Crippen molar-refractivity contribution in [3.63, 3.8) is 0 Å². The zero-order valence-electron chi connectivity index (χ0n) is 9.35. The van der Waals surface area contributed by atoms with Gasteiger partial charge in [0.25, 0.3) is 0 Å². The van der Waals surface area contributed by atoms with Crippen molar-refractivity contribution in [1.82, 2.24) is 0 Å². The second-order valence-corrected chi connectivity index (χ2v) is 3.99. The van der Waals surface area contributed by atoms with Crippen molar-refractivity contribution >= 4 is 17.6 Å². The number of aliphatic hydroxyl groups excluding tert-OH is 2. The van der Waals surface area contributed by atoms with Crippen LogP contribution in [0.15, 0.2) is 12.1 Å². The molecule has 94 valence electrons. The second-order valence-electron chi connectivity index (χ2n) is 3.58. The number of aryl methyl sites for hydroxylation is 1. The molecule has 0 aliphatic rings. The van der Waals surface area contributed by atoms with E-state index in [1.165, 1.54) is 12.1 Å². The van der Waals surface area contributed by atoms with Gasteiger partial charge in [0.05, 0.1) is 12.1 Å². The molecule has 17 heavy (non-hydrogen) atoms. The third kappa shape index (κ3) is 2.88. The number of hydrogen-bond acceptors (Lipinski definition) is 5. The van der Waals surface area contributed by atoms with Crippen molar-refractivity contribution in [3.8, 4) is 5.75 Å². The monoisotopic (exact) mass is 260 g/mol. The molecule has 0 aliphatic heterocycles. The third-order valence-electron chi connectivity index (χ3n) is 2.36. The first kappa shape index (κ1) is 13.8. The first-order valence-corrected chi connectivity index (χ1v) is 5.19. The van der Waals surface area contributed by atoms with E-state index in [2.05, 4.69) is 4.74 Å². The Morgan fingerprint density at radius 2 is 2.00 bits per heavy atom. The van der Waals surface area contributed by atoms with E-state index < -0.39 is 18.2 Å². The van der Waals surface area contributed by atoms with Crippen molar-refractivity contribution in [2.24, 2.45) is 0 Å². The summed E-state index contributed by atoms with van der Waals surface area (Å²) in [4.78, 5) is 11.0. The molecule has 0 aromatic heterocycles. The maximum atomic E-state index is 11.0. The maximum absolute atomic E-state index is 11.0. The van der Waals surface area contributed by atoms with Gasteiger partial charge in [-0.05, 0) is 30.2 Å². The summed E-state index contributed by atoms with van der Waals surface area (Å²) in [7, 11) is 1.10. The van der Waals surface area contributed by atoms with Gasteiger partial charge in [-0.15, -0.1) is 0 Å². The lowest BCUT2D eigenvalue weighted by atomic mass is 10.0. The number of esters is 1. The molecule has 0 aliphatic carbocycles. The van der Waals surface area contributed by atoms with Crippen LogP contribution in [0, 0.1) is 6.92 Å². The zero-order chi connectivity index (χ0) is 13.2. The van der Waals surface area contributed by atoms with Gasteiger partial charge in [0.15, 0.2) is 6.10 Å². The lowest BCUT2D eigenvalue weighted by molar-refractivity contribution is -0.156. The van der Waals surface area contributed by atoms with Gasteiger partial charge in [0, 0.05) is 0 Å². The second kappa shape index (κ2) is 5.35. The van der Waals surface area contributed by atoms with Crippen LogP contribution >= 0.6 is 11.6 Å².